The third kappa shape index (κ3) is 6.99. The van der Waals surface area contributed by atoms with Crippen LogP contribution in [-0.4, -0.2) is 18.4 Å². The van der Waals surface area contributed by atoms with Crippen LogP contribution in [0.25, 0.3) is 6.08 Å². The Morgan fingerprint density at radius 3 is 2.33 bits per heavy atom. The summed E-state index contributed by atoms with van der Waals surface area (Å²) in [5.41, 5.74) is 1.34. The summed E-state index contributed by atoms with van der Waals surface area (Å²) in [7, 11) is 0. The number of nitrogens with one attached hydrogen (secondary N) is 2. The van der Waals surface area contributed by atoms with Gasteiger partial charge in [-0.25, -0.2) is 0 Å². The van der Waals surface area contributed by atoms with Crippen LogP contribution in [0.1, 0.15) is 5.56 Å². The number of carbonyl (C=O) groups is 2. The molecule has 0 aliphatic heterocycles. The smallest absolute Gasteiger partial charge is 0.266 e. The number of halogens is 3. The standard InChI is InChI=1S/C24H16Cl3N3O3/c25-17-6-8-18(9-7-17)29-23(31)14-33-22-10-5-15(12-20(22)27)11-16(13-28)24(32)30-21-4-2-1-3-19(21)26/h1-12H,14H2,(H,29,31)(H,30,32)/b16-11+. The van der Waals surface area contributed by atoms with Crippen molar-refractivity contribution in [2.24, 2.45) is 0 Å². The van der Waals surface area contributed by atoms with Gasteiger partial charge in [0.15, 0.2) is 6.61 Å². The lowest BCUT2D eigenvalue weighted by molar-refractivity contribution is -0.118. The number of benzene rings is 3. The van der Waals surface area contributed by atoms with Crippen LogP contribution >= 0.6 is 34.8 Å². The van der Waals surface area contributed by atoms with Crippen molar-refractivity contribution in [2.45, 2.75) is 0 Å². The summed E-state index contributed by atoms with van der Waals surface area (Å²) in [5, 5.41) is 15.8. The first kappa shape index (κ1) is 24.1. The fraction of sp³-hybridized carbons (Fsp3) is 0.0417. The number of para-hydroxylation sites is 1. The summed E-state index contributed by atoms with van der Waals surface area (Å²) in [6, 6.07) is 19.9. The summed E-state index contributed by atoms with van der Waals surface area (Å²) in [5.74, 6) is -0.708. The molecular weight excluding hydrogens is 485 g/mol. The third-order valence-electron chi connectivity index (χ3n) is 4.24. The number of rotatable bonds is 7. The molecule has 6 nitrogen and oxygen atoms in total. The molecule has 0 radical (unpaired) electrons. The van der Waals surface area contributed by atoms with E-state index in [0.717, 1.165) is 0 Å². The highest BCUT2D eigenvalue weighted by atomic mass is 35.5. The average Bonchev–Trinajstić information content (AvgIpc) is 2.80. The van der Waals surface area contributed by atoms with Crippen molar-refractivity contribution in [1.82, 2.24) is 0 Å². The Labute approximate surface area is 205 Å². The minimum atomic E-state index is -0.610. The van der Waals surface area contributed by atoms with E-state index in [4.69, 9.17) is 39.5 Å². The maximum absolute atomic E-state index is 12.4. The molecule has 9 heteroatoms. The molecular formula is C24H16Cl3N3O3. The number of carbonyl (C=O) groups excluding carboxylic acids is 2. The lowest BCUT2D eigenvalue weighted by Crippen LogP contribution is -2.20. The Bertz CT molecular complexity index is 1250. The Kier molecular flexibility index (Phi) is 8.34. The molecule has 33 heavy (non-hydrogen) atoms. The van der Waals surface area contributed by atoms with E-state index in [9.17, 15) is 14.9 Å². The van der Waals surface area contributed by atoms with Crippen molar-refractivity contribution >= 4 is 64.1 Å². The van der Waals surface area contributed by atoms with Gasteiger partial charge in [0.2, 0.25) is 0 Å². The average molecular weight is 501 g/mol. The van der Waals surface area contributed by atoms with Gasteiger partial charge in [0.1, 0.15) is 17.4 Å². The van der Waals surface area contributed by atoms with Gasteiger partial charge in [0.05, 0.1) is 15.7 Å². The van der Waals surface area contributed by atoms with Crippen molar-refractivity contribution in [3.05, 3.63) is 92.9 Å². The molecule has 2 amide bonds. The number of hydrogen-bond acceptors (Lipinski definition) is 4. The monoisotopic (exact) mass is 499 g/mol. The molecule has 0 aliphatic rings. The molecule has 2 N–H and O–H groups in total. The van der Waals surface area contributed by atoms with Crippen LogP contribution in [-0.2, 0) is 9.59 Å². The number of hydrogen-bond donors (Lipinski definition) is 2. The molecule has 0 atom stereocenters. The fourth-order valence-corrected chi connectivity index (χ4v) is 3.22. The molecule has 3 aromatic carbocycles. The Morgan fingerprint density at radius 1 is 0.939 bits per heavy atom. The minimum Gasteiger partial charge on any atom is -0.482 e. The van der Waals surface area contributed by atoms with Gasteiger partial charge in [-0.1, -0.05) is 53.0 Å². The molecule has 0 bridgehead atoms. The van der Waals surface area contributed by atoms with Gasteiger partial charge in [-0.2, -0.15) is 5.26 Å². The topological polar surface area (TPSA) is 91.2 Å². The molecule has 0 heterocycles. The molecule has 0 aromatic heterocycles. The van der Waals surface area contributed by atoms with E-state index in [-0.39, 0.29) is 28.9 Å². The highest BCUT2D eigenvalue weighted by Crippen LogP contribution is 2.27. The number of nitrogens with zero attached hydrogens (tertiary/aromatic N) is 1. The van der Waals surface area contributed by atoms with E-state index in [1.165, 1.54) is 12.1 Å². The predicted octanol–water partition coefficient (Wildman–Crippen LogP) is 6.21. The number of nitriles is 1. The fourth-order valence-electron chi connectivity index (χ4n) is 2.67. The van der Waals surface area contributed by atoms with Gasteiger partial charge in [0, 0.05) is 10.7 Å². The first-order valence-corrected chi connectivity index (χ1v) is 10.6. The summed E-state index contributed by atoms with van der Waals surface area (Å²) in [6.07, 6.45) is 1.38. The van der Waals surface area contributed by atoms with E-state index >= 15 is 0 Å². The van der Waals surface area contributed by atoms with Crippen LogP contribution in [0, 0.1) is 11.3 Å². The predicted molar refractivity (Wildman–Crippen MR) is 131 cm³/mol. The van der Waals surface area contributed by atoms with Crippen LogP contribution in [0.3, 0.4) is 0 Å². The Morgan fingerprint density at radius 2 is 1.67 bits per heavy atom. The summed E-state index contributed by atoms with van der Waals surface area (Å²) in [4.78, 5) is 24.5. The molecule has 0 fully saturated rings. The first-order valence-electron chi connectivity index (χ1n) is 9.51. The van der Waals surface area contributed by atoms with Gasteiger partial charge in [0.25, 0.3) is 11.8 Å². The van der Waals surface area contributed by atoms with Gasteiger partial charge in [-0.05, 0) is 60.2 Å². The second kappa shape index (κ2) is 11.4. The van der Waals surface area contributed by atoms with Crippen LogP contribution < -0.4 is 15.4 Å². The van der Waals surface area contributed by atoms with Crippen molar-refractivity contribution < 1.29 is 14.3 Å². The lowest BCUT2D eigenvalue weighted by atomic mass is 10.1. The van der Waals surface area contributed by atoms with Crippen LogP contribution in [0.15, 0.2) is 72.3 Å². The molecule has 0 aliphatic carbocycles. The Hall–Kier alpha value is -3.50. The highest BCUT2D eigenvalue weighted by molar-refractivity contribution is 6.34. The number of ether oxygens (including phenoxy) is 1. The molecule has 3 aromatic rings. The van der Waals surface area contributed by atoms with Gasteiger partial charge in [-0.3, -0.25) is 9.59 Å². The normalized spacial score (nSPS) is 10.8. The minimum absolute atomic E-state index is 0.137. The highest BCUT2D eigenvalue weighted by Gasteiger charge is 2.12. The van der Waals surface area contributed by atoms with E-state index in [2.05, 4.69) is 10.6 Å². The van der Waals surface area contributed by atoms with Gasteiger partial charge in [-0.15, -0.1) is 0 Å². The quantitative estimate of drug-likeness (QED) is 0.298. The van der Waals surface area contributed by atoms with Crippen molar-refractivity contribution in [1.29, 1.82) is 5.26 Å². The summed E-state index contributed by atoms with van der Waals surface area (Å²) >= 11 is 18.1. The maximum atomic E-state index is 12.4. The second-order valence-electron chi connectivity index (χ2n) is 6.64. The molecule has 0 spiro atoms. The van der Waals surface area contributed by atoms with Gasteiger partial charge >= 0.3 is 0 Å². The third-order valence-corrected chi connectivity index (χ3v) is 5.12. The van der Waals surface area contributed by atoms with Crippen molar-refractivity contribution in [3.63, 3.8) is 0 Å². The largest absolute Gasteiger partial charge is 0.482 e. The number of anilines is 2. The molecule has 0 unspecified atom stereocenters. The zero-order chi connectivity index (χ0) is 23.8. The number of amides is 2. The molecule has 0 saturated carbocycles. The van der Waals surface area contributed by atoms with Gasteiger partial charge < -0.3 is 15.4 Å². The van der Waals surface area contributed by atoms with Crippen molar-refractivity contribution in [2.75, 3.05) is 17.2 Å². The first-order chi connectivity index (χ1) is 15.9. The maximum Gasteiger partial charge on any atom is 0.266 e. The zero-order valence-corrected chi connectivity index (χ0v) is 19.2. The van der Waals surface area contributed by atoms with Crippen LogP contribution in [0.5, 0.6) is 5.75 Å². The molecule has 0 saturated heterocycles. The van der Waals surface area contributed by atoms with Crippen molar-refractivity contribution in [3.8, 4) is 11.8 Å². The zero-order valence-electron chi connectivity index (χ0n) is 16.9. The summed E-state index contributed by atoms with van der Waals surface area (Å²) < 4.78 is 5.47. The van der Waals surface area contributed by atoms with E-state index in [1.54, 1.807) is 60.7 Å². The molecule has 166 valence electrons. The van der Waals surface area contributed by atoms with E-state index in [0.29, 0.717) is 27.0 Å². The van der Waals surface area contributed by atoms with Crippen LogP contribution in [0.2, 0.25) is 15.1 Å². The Balaban J connectivity index is 1.63. The summed E-state index contributed by atoms with van der Waals surface area (Å²) in [6.45, 7) is -0.263. The SMILES string of the molecule is N#C/C(=C\c1ccc(OCC(=O)Nc2ccc(Cl)cc2)c(Cl)c1)C(=O)Nc1ccccc1Cl. The second-order valence-corrected chi connectivity index (χ2v) is 7.89. The molecule has 3 rings (SSSR count). The van der Waals surface area contributed by atoms with E-state index in [1.807, 2.05) is 6.07 Å². The lowest BCUT2D eigenvalue weighted by Gasteiger charge is -2.10. The van der Waals surface area contributed by atoms with Crippen LogP contribution in [0.4, 0.5) is 11.4 Å². The van der Waals surface area contributed by atoms with E-state index < -0.39 is 5.91 Å².